The van der Waals surface area contributed by atoms with Gasteiger partial charge in [0.25, 0.3) is 5.91 Å². The maximum absolute atomic E-state index is 12.7. The highest BCUT2D eigenvalue weighted by Crippen LogP contribution is 2.25. The van der Waals surface area contributed by atoms with Crippen LogP contribution in [-0.2, 0) is 0 Å². The number of ether oxygens (including phenoxy) is 1. The molecule has 1 saturated heterocycles. The Bertz CT molecular complexity index is 470. The smallest absolute Gasteiger partial charge is 0.253 e. The van der Waals surface area contributed by atoms with Crippen molar-refractivity contribution in [3.05, 3.63) is 29.8 Å². The molecule has 3 heteroatoms. The summed E-state index contributed by atoms with van der Waals surface area (Å²) in [5.74, 6) is 2.20. The van der Waals surface area contributed by atoms with Crippen molar-refractivity contribution in [2.75, 3.05) is 19.7 Å². The summed E-state index contributed by atoms with van der Waals surface area (Å²) < 4.78 is 5.62. The van der Waals surface area contributed by atoms with Crippen LogP contribution in [0.5, 0.6) is 5.75 Å². The lowest BCUT2D eigenvalue weighted by Crippen LogP contribution is -2.41. The maximum Gasteiger partial charge on any atom is 0.253 e. The molecule has 0 saturated carbocycles. The minimum atomic E-state index is 0.141. The average molecular weight is 289 g/mol. The van der Waals surface area contributed by atoms with Crippen molar-refractivity contribution in [3.8, 4) is 5.75 Å². The number of nitrogens with zero attached hydrogens (tertiary/aromatic N) is 1. The molecule has 0 aliphatic carbocycles. The lowest BCUT2D eigenvalue weighted by atomic mass is 9.87. The standard InChI is InChI=1S/C18H27NO2/c1-4-11-21-17-9-5-7-15(12-17)18(20)19-10-6-8-16(13-19)14(2)3/h5,7,9,12,14,16H,4,6,8,10-11,13H2,1-3H3. The molecule has 0 spiro atoms. The summed E-state index contributed by atoms with van der Waals surface area (Å²) in [6, 6.07) is 7.58. The molecular weight excluding hydrogens is 262 g/mol. The molecule has 1 heterocycles. The second-order valence-corrected chi connectivity index (χ2v) is 6.27. The number of hydrogen-bond donors (Lipinski definition) is 0. The first-order valence-corrected chi connectivity index (χ1v) is 8.14. The number of amides is 1. The van der Waals surface area contributed by atoms with E-state index in [0.717, 1.165) is 37.2 Å². The number of likely N-dealkylation sites (tertiary alicyclic amines) is 1. The predicted octanol–water partition coefficient (Wildman–Crippen LogP) is 3.98. The molecule has 1 aromatic carbocycles. The molecule has 0 radical (unpaired) electrons. The molecule has 1 fully saturated rings. The number of piperidine rings is 1. The number of hydrogen-bond acceptors (Lipinski definition) is 2. The summed E-state index contributed by atoms with van der Waals surface area (Å²) >= 11 is 0. The molecule has 0 N–H and O–H groups in total. The molecule has 1 amide bonds. The van der Waals surface area contributed by atoms with Gasteiger partial charge >= 0.3 is 0 Å². The van der Waals surface area contributed by atoms with Crippen LogP contribution in [0.25, 0.3) is 0 Å². The van der Waals surface area contributed by atoms with Crippen molar-refractivity contribution >= 4 is 5.91 Å². The highest BCUT2D eigenvalue weighted by molar-refractivity contribution is 5.94. The summed E-state index contributed by atoms with van der Waals surface area (Å²) in [6.07, 6.45) is 3.32. The maximum atomic E-state index is 12.7. The van der Waals surface area contributed by atoms with Crippen molar-refractivity contribution in [2.24, 2.45) is 11.8 Å². The van der Waals surface area contributed by atoms with E-state index in [1.165, 1.54) is 6.42 Å². The number of carbonyl (C=O) groups is 1. The van der Waals surface area contributed by atoms with Crippen molar-refractivity contribution in [2.45, 2.75) is 40.0 Å². The normalized spacial score (nSPS) is 18.9. The summed E-state index contributed by atoms with van der Waals surface area (Å²) in [7, 11) is 0. The molecule has 0 aromatic heterocycles. The Labute approximate surface area is 128 Å². The van der Waals surface area contributed by atoms with Gasteiger partial charge in [0.1, 0.15) is 5.75 Å². The zero-order valence-corrected chi connectivity index (χ0v) is 13.5. The third-order valence-electron chi connectivity index (χ3n) is 4.24. The van der Waals surface area contributed by atoms with E-state index in [1.54, 1.807) is 0 Å². The fraction of sp³-hybridized carbons (Fsp3) is 0.611. The Balaban J connectivity index is 2.05. The van der Waals surface area contributed by atoms with Gasteiger partial charge in [0.15, 0.2) is 0 Å². The highest BCUT2D eigenvalue weighted by Gasteiger charge is 2.26. The first-order valence-electron chi connectivity index (χ1n) is 8.14. The molecule has 3 nitrogen and oxygen atoms in total. The molecule has 1 aliphatic rings. The van der Waals surface area contributed by atoms with E-state index >= 15 is 0 Å². The molecule has 0 bridgehead atoms. The molecule has 1 atom stereocenters. The van der Waals surface area contributed by atoms with Gasteiger partial charge in [-0.25, -0.2) is 0 Å². The SMILES string of the molecule is CCCOc1cccc(C(=O)N2CCCC(C(C)C)C2)c1. The van der Waals surface area contributed by atoms with Gasteiger partial charge in [0, 0.05) is 18.7 Å². The number of benzene rings is 1. The van der Waals surface area contributed by atoms with Crippen LogP contribution in [0.1, 0.15) is 50.4 Å². The average Bonchev–Trinajstić information content (AvgIpc) is 2.52. The zero-order valence-electron chi connectivity index (χ0n) is 13.5. The quantitative estimate of drug-likeness (QED) is 0.820. The Morgan fingerprint density at radius 1 is 1.43 bits per heavy atom. The van der Waals surface area contributed by atoms with E-state index < -0.39 is 0 Å². The monoisotopic (exact) mass is 289 g/mol. The summed E-state index contributed by atoms with van der Waals surface area (Å²) in [4.78, 5) is 14.7. The lowest BCUT2D eigenvalue weighted by Gasteiger charge is -2.34. The highest BCUT2D eigenvalue weighted by atomic mass is 16.5. The predicted molar refractivity (Wildman–Crippen MR) is 85.7 cm³/mol. The van der Waals surface area contributed by atoms with Crippen LogP contribution in [-0.4, -0.2) is 30.5 Å². The topological polar surface area (TPSA) is 29.5 Å². The summed E-state index contributed by atoms with van der Waals surface area (Å²) in [5.41, 5.74) is 0.744. The molecule has 116 valence electrons. The number of carbonyl (C=O) groups excluding carboxylic acids is 1. The van der Waals surface area contributed by atoms with Crippen molar-refractivity contribution in [1.29, 1.82) is 0 Å². The van der Waals surface area contributed by atoms with Crippen molar-refractivity contribution < 1.29 is 9.53 Å². The van der Waals surface area contributed by atoms with Crippen LogP contribution in [0.4, 0.5) is 0 Å². The Morgan fingerprint density at radius 3 is 2.95 bits per heavy atom. The van der Waals surface area contributed by atoms with Crippen LogP contribution in [0, 0.1) is 11.8 Å². The summed E-state index contributed by atoms with van der Waals surface area (Å²) in [6.45, 7) is 9.03. The van der Waals surface area contributed by atoms with E-state index in [9.17, 15) is 4.79 Å². The molecule has 2 rings (SSSR count). The van der Waals surface area contributed by atoms with Gasteiger partial charge in [-0.3, -0.25) is 4.79 Å². The van der Waals surface area contributed by atoms with Crippen LogP contribution in [0.3, 0.4) is 0 Å². The van der Waals surface area contributed by atoms with Crippen molar-refractivity contribution in [3.63, 3.8) is 0 Å². The van der Waals surface area contributed by atoms with E-state index in [-0.39, 0.29) is 5.91 Å². The zero-order chi connectivity index (χ0) is 15.2. The summed E-state index contributed by atoms with van der Waals surface area (Å²) in [5, 5.41) is 0. The largest absolute Gasteiger partial charge is 0.494 e. The lowest BCUT2D eigenvalue weighted by molar-refractivity contribution is 0.0641. The van der Waals surface area contributed by atoms with Gasteiger partial charge in [-0.05, 0) is 49.3 Å². The third-order valence-corrected chi connectivity index (χ3v) is 4.24. The van der Waals surface area contributed by atoms with E-state index in [2.05, 4.69) is 20.8 Å². The first kappa shape index (κ1) is 15.9. The molecule has 1 aromatic rings. The van der Waals surface area contributed by atoms with Gasteiger partial charge in [-0.1, -0.05) is 26.8 Å². The van der Waals surface area contributed by atoms with Crippen LogP contribution in [0.2, 0.25) is 0 Å². The Hall–Kier alpha value is -1.51. The Kier molecular flexibility index (Phi) is 5.66. The molecule has 1 aliphatic heterocycles. The van der Waals surface area contributed by atoms with Gasteiger partial charge in [0.05, 0.1) is 6.61 Å². The van der Waals surface area contributed by atoms with E-state index in [0.29, 0.717) is 18.4 Å². The Morgan fingerprint density at radius 2 is 2.24 bits per heavy atom. The van der Waals surface area contributed by atoms with Gasteiger partial charge in [0.2, 0.25) is 0 Å². The molecule has 21 heavy (non-hydrogen) atoms. The third kappa shape index (κ3) is 4.23. The minimum Gasteiger partial charge on any atom is -0.494 e. The van der Waals surface area contributed by atoms with Crippen molar-refractivity contribution in [1.82, 2.24) is 4.90 Å². The van der Waals surface area contributed by atoms with Gasteiger partial charge in [-0.2, -0.15) is 0 Å². The van der Waals surface area contributed by atoms with Gasteiger partial charge in [-0.15, -0.1) is 0 Å². The van der Waals surface area contributed by atoms with Crippen LogP contribution >= 0.6 is 0 Å². The minimum absolute atomic E-state index is 0.141. The molecular formula is C18H27NO2. The second kappa shape index (κ2) is 7.48. The second-order valence-electron chi connectivity index (χ2n) is 6.27. The number of rotatable bonds is 5. The molecule has 1 unspecified atom stereocenters. The van der Waals surface area contributed by atoms with E-state index in [1.807, 2.05) is 29.2 Å². The first-order chi connectivity index (χ1) is 10.1. The van der Waals surface area contributed by atoms with E-state index in [4.69, 9.17) is 4.74 Å². The fourth-order valence-electron chi connectivity index (χ4n) is 2.86. The fourth-order valence-corrected chi connectivity index (χ4v) is 2.86. The van der Waals surface area contributed by atoms with Crippen LogP contribution < -0.4 is 4.74 Å². The van der Waals surface area contributed by atoms with Gasteiger partial charge < -0.3 is 9.64 Å². The van der Waals surface area contributed by atoms with Crippen LogP contribution in [0.15, 0.2) is 24.3 Å².